The van der Waals surface area contributed by atoms with Crippen LogP contribution in [0.25, 0.3) is 0 Å². The predicted octanol–water partition coefficient (Wildman–Crippen LogP) is 5.89. The Kier molecular flexibility index (Phi) is 12.0. The van der Waals surface area contributed by atoms with Crippen LogP contribution in [0.4, 0.5) is 5.69 Å². The number of nitrogens with one attached hydrogen (secondary N) is 1. The Labute approximate surface area is 253 Å². The van der Waals surface area contributed by atoms with Gasteiger partial charge in [0.2, 0.25) is 21.8 Å². The van der Waals surface area contributed by atoms with Crippen LogP contribution in [0.3, 0.4) is 0 Å². The van der Waals surface area contributed by atoms with Gasteiger partial charge in [0.1, 0.15) is 12.6 Å². The minimum Gasteiger partial charge on any atom is -0.354 e. The number of nitrogens with zero attached hydrogens (tertiary/aromatic N) is 2. The Morgan fingerprint density at radius 2 is 1.59 bits per heavy atom. The molecule has 0 aromatic heterocycles. The lowest BCUT2D eigenvalue weighted by atomic mass is 10.0. The fourth-order valence-electron chi connectivity index (χ4n) is 4.69. The third kappa shape index (κ3) is 9.43. The number of para-hydroxylation sites is 1. The van der Waals surface area contributed by atoms with Crippen molar-refractivity contribution in [1.82, 2.24) is 10.2 Å². The zero-order chi connectivity index (χ0) is 30.0. The standard InChI is InChI=1S/C32H40BrN3O4S/c1-5-6-19-34-32(38)30(21-25-13-8-7-9-14-25)35(22-26-15-12-16-27(33)20-26)31(37)23-36(41(4,39)40)29-18-11-10-17-28(29)24(2)3/h7-18,20,24,30H,5-6,19,21-23H2,1-4H3,(H,34,38). The summed E-state index contributed by atoms with van der Waals surface area (Å²) in [6.07, 6.45) is 3.13. The minimum atomic E-state index is -3.83. The van der Waals surface area contributed by atoms with Crippen LogP contribution in [0, 0.1) is 0 Å². The van der Waals surface area contributed by atoms with Gasteiger partial charge in [-0.3, -0.25) is 13.9 Å². The van der Waals surface area contributed by atoms with E-state index in [-0.39, 0.29) is 18.4 Å². The first-order valence-electron chi connectivity index (χ1n) is 13.9. The lowest BCUT2D eigenvalue weighted by molar-refractivity contribution is -0.140. The highest BCUT2D eigenvalue weighted by Gasteiger charge is 2.33. The first kappa shape index (κ1) is 32.3. The van der Waals surface area contributed by atoms with E-state index in [2.05, 4.69) is 21.2 Å². The highest BCUT2D eigenvalue weighted by atomic mass is 79.9. The smallest absolute Gasteiger partial charge is 0.244 e. The number of hydrogen-bond acceptors (Lipinski definition) is 4. The van der Waals surface area contributed by atoms with E-state index in [0.717, 1.165) is 44.6 Å². The van der Waals surface area contributed by atoms with Crippen molar-refractivity contribution in [3.05, 3.63) is 100 Å². The van der Waals surface area contributed by atoms with Crippen molar-refractivity contribution in [3.63, 3.8) is 0 Å². The Hall–Kier alpha value is -3.17. The minimum absolute atomic E-state index is 0.0403. The molecule has 0 heterocycles. The Balaban J connectivity index is 2.07. The molecule has 0 bridgehead atoms. The van der Waals surface area contributed by atoms with Gasteiger partial charge in [-0.15, -0.1) is 0 Å². The second-order valence-electron chi connectivity index (χ2n) is 10.5. The number of carbonyl (C=O) groups is 2. The average molecular weight is 643 g/mol. The zero-order valence-corrected chi connectivity index (χ0v) is 26.6. The molecule has 3 aromatic rings. The largest absolute Gasteiger partial charge is 0.354 e. The van der Waals surface area contributed by atoms with Crippen molar-refractivity contribution in [2.24, 2.45) is 0 Å². The molecule has 0 fully saturated rings. The van der Waals surface area contributed by atoms with Crippen molar-refractivity contribution in [2.45, 2.75) is 58.5 Å². The lowest BCUT2D eigenvalue weighted by Crippen LogP contribution is -2.53. The summed E-state index contributed by atoms with van der Waals surface area (Å²) in [6, 6.07) is 23.5. The number of rotatable bonds is 14. The normalized spacial score (nSPS) is 12.1. The van der Waals surface area contributed by atoms with Gasteiger partial charge in [0, 0.05) is 24.0 Å². The number of anilines is 1. The summed E-state index contributed by atoms with van der Waals surface area (Å²) in [5.74, 6) is -0.682. The van der Waals surface area contributed by atoms with Gasteiger partial charge >= 0.3 is 0 Å². The van der Waals surface area contributed by atoms with Crippen LogP contribution >= 0.6 is 15.9 Å². The van der Waals surface area contributed by atoms with Crippen LogP contribution in [0.1, 0.15) is 56.2 Å². The highest BCUT2D eigenvalue weighted by Crippen LogP contribution is 2.29. The molecule has 0 radical (unpaired) electrons. The van der Waals surface area contributed by atoms with Crippen LogP contribution in [0.2, 0.25) is 0 Å². The summed E-state index contributed by atoms with van der Waals surface area (Å²) >= 11 is 3.50. The summed E-state index contributed by atoms with van der Waals surface area (Å²) in [4.78, 5) is 29.4. The van der Waals surface area contributed by atoms with E-state index in [9.17, 15) is 18.0 Å². The zero-order valence-electron chi connectivity index (χ0n) is 24.2. The van der Waals surface area contributed by atoms with Crippen LogP contribution < -0.4 is 9.62 Å². The van der Waals surface area contributed by atoms with Crippen LogP contribution in [0.15, 0.2) is 83.3 Å². The van der Waals surface area contributed by atoms with E-state index in [1.165, 1.54) is 4.90 Å². The predicted molar refractivity (Wildman–Crippen MR) is 169 cm³/mol. The van der Waals surface area contributed by atoms with Crippen molar-refractivity contribution in [2.75, 3.05) is 23.7 Å². The van der Waals surface area contributed by atoms with Gasteiger partial charge in [-0.1, -0.05) is 104 Å². The molecule has 220 valence electrons. The van der Waals surface area contributed by atoms with Gasteiger partial charge in [0.05, 0.1) is 11.9 Å². The molecular weight excluding hydrogens is 602 g/mol. The van der Waals surface area contributed by atoms with Crippen molar-refractivity contribution in [1.29, 1.82) is 0 Å². The summed E-state index contributed by atoms with van der Waals surface area (Å²) in [6.45, 7) is 6.22. The maximum absolute atomic E-state index is 14.2. The second-order valence-corrected chi connectivity index (χ2v) is 13.3. The third-order valence-corrected chi connectivity index (χ3v) is 8.47. The number of hydrogen-bond donors (Lipinski definition) is 1. The van der Waals surface area contributed by atoms with Gasteiger partial charge in [-0.2, -0.15) is 0 Å². The number of halogens is 1. The number of unbranched alkanes of at least 4 members (excludes halogenated alkanes) is 1. The molecular formula is C32H40BrN3O4S. The molecule has 1 atom stereocenters. The fraction of sp³-hybridized carbons (Fsp3) is 0.375. The molecule has 1 unspecified atom stereocenters. The van der Waals surface area contributed by atoms with Gasteiger partial charge in [0.25, 0.3) is 0 Å². The summed E-state index contributed by atoms with van der Waals surface area (Å²) in [7, 11) is -3.83. The molecule has 0 aliphatic heterocycles. The summed E-state index contributed by atoms with van der Waals surface area (Å²) in [5.41, 5.74) is 3.01. The molecule has 0 aliphatic carbocycles. The van der Waals surface area contributed by atoms with Crippen LogP contribution in [-0.4, -0.2) is 50.5 Å². The fourth-order valence-corrected chi connectivity index (χ4v) is 6.00. The highest BCUT2D eigenvalue weighted by molar-refractivity contribution is 9.10. The molecule has 3 rings (SSSR count). The lowest BCUT2D eigenvalue weighted by Gasteiger charge is -2.34. The maximum Gasteiger partial charge on any atom is 0.244 e. The van der Waals surface area contributed by atoms with Gasteiger partial charge < -0.3 is 10.2 Å². The number of benzene rings is 3. The van der Waals surface area contributed by atoms with Crippen molar-refractivity contribution in [3.8, 4) is 0 Å². The molecule has 41 heavy (non-hydrogen) atoms. The second kappa shape index (κ2) is 15.2. The quantitative estimate of drug-likeness (QED) is 0.222. The van der Waals surface area contributed by atoms with E-state index in [4.69, 9.17) is 0 Å². The van der Waals surface area contributed by atoms with Gasteiger partial charge in [-0.05, 0) is 47.2 Å². The number of sulfonamides is 1. The van der Waals surface area contributed by atoms with Gasteiger partial charge in [-0.25, -0.2) is 8.42 Å². The molecule has 0 saturated heterocycles. The number of carbonyl (C=O) groups excluding carboxylic acids is 2. The van der Waals surface area contributed by atoms with E-state index < -0.39 is 28.5 Å². The summed E-state index contributed by atoms with van der Waals surface area (Å²) in [5, 5.41) is 3.00. The molecule has 0 aliphatic rings. The van der Waals surface area contributed by atoms with E-state index in [1.807, 2.05) is 87.5 Å². The topological polar surface area (TPSA) is 86.8 Å². The maximum atomic E-state index is 14.2. The average Bonchev–Trinajstić information content (AvgIpc) is 2.93. The molecule has 7 nitrogen and oxygen atoms in total. The third-order valence-electron chi connectivity index (χ3n) is 6.85. The van der Waals surface area contributed by atoms with E-state index in [1.54, 1.807) is 12.1 Å². The molecule has 9 heteroatoms. The molecule has 2 amide bonds. The SMILES string of the molecule is CCCCNC(=O)C(Cc1ccccc1)N(Cc1cccc(Br)c1)C(=O)CN(c1ccccc1C(C)C)S(C)(=O)=O. The number of amides is 2. The van der Waals surface area contributed by atoms with E-state index >= 15 is 0 Å². The monoisotopic (exact) mass is 641 g/mol. The Morgan fingerprint density at radius 1 is 0.927 bits per heavy atom. The van der Waals surface area contributed by atoms with Crippen molar-refractivity contribution < 1.29 is 18.0 Å². The summed E-state index contributed by atoms with van der Waals surface area (Å²) < 4.78 is 28.2. The van der Waals surface area contributed by atoms with Gasteiger partial charge in [0.15, 0.2) is 0 Å². The van der Waals surface area contributed by atoms with Crippen LogP contribution in [-0.2, 0) is 32.6 Å². The Bertz CT molecular complexity index is 1410. The van der Waals surface area contributed by atoms with Crippen LogP contribution in [0.5, 0.6) is 0 Å². The van der Waals surface area contributed by atoms with E-state index in [0.29, 0.717) is 18.7 Å². The molecule has 3 aromatic carbocycles. The molecule has 1 N–H and O–H groups in total. The Morgan fingerprint density at radius 3 is 2.22 bits per heavy atom. The first-order valence-corrected chi connectivity index (χ1v) is 16.6. The molecule has 0 saturated carbocycles. The molecule has 0 spiro atoms. The first-order chi connectivity index (χ1) is 19.5. The van der Waals surface area contributed by atoms with Crippen molar-refractivity contribution >= 4 is 43.5 Å².